The molecule has 4 nitrogen and oxygen atoms in total. The second kappa shape index (κ2) is 6.26. The highest BCUT2D eigenvalue weighted by atomic mass is 79.9. The van der Waals surface area contributed by atoms with Crippen LogP contribution in [0, 0.1) is 11.8 Å². The van der Waals surface area contributed by atoms with E-state index in [1.807, 2.05) is 0 Å². The molecular weight excluding hydrogens is 378 g/mol. The molecule has 0 aliphatic carbocycles. The maximum Gasteiger partial charge on any atom is 0.262 e. The first-order valence-electron chi connectivity index (χ1n) is 6.73. The summed E-state index contributed by atoms with van der Waals surface area (Å²) in [5, 5.41) is 0. The number of rotatable bonds is 3. The van der Waals surface area contributed by atoms with Gasteiger partial charge in [0.25, 0.3) is 15.0 Å². The lowest BCUT2D eigenvalue weighted by atomic mass is 9.95. The molecule has 1 saturated heterocycles. The summed E-state index contributed by atoms with van der Waals surface area (Å²) in [7, 11) is 1.50. The van der Waals surface area contributed by atoms with Crippen LogP contribution in [0.4, 0.5) is 0 Å². The molecule has 0 radical (unpaired) electrons. The molecule has 1 aromatic rings. The van der Waals surface area contributed by atoms with Crippen LogP contribution >= 0.6 is 26.6 Å². The van der Waals surface area contributed by atoms with Crippen LogP contribution in [-0.4, -0.2) is 32.3 Å². The van der Waals surface area contributed by atoms with Gasteiger partial charge in [0.05, 0.1) is 4.90 Å². The Hall–Kier alpha value is -0.590. The number of hydrogen-bond donors (Lipinski definition) is 0. The lowest BCUT2D eigenvalue weighted by molar-refractivity contribution is 0.0784. The highest BCUT2D eigenvalue weighted by molar-refractivity contribution is 9.10. The molecular formula is C14H17BrClNO3S. The molecule has 0 bridgehead atoms. The molecule has 0 spiro atoms. The summed E-state index contributed by atoms with van der Waals surface area (Å²) in [5.41, 5.74) is 0.349. The molecule has 7 heteroatoms. The van der Waals surface area contributed by atoms with Gasteiger partial charge in [-0.3, -0.25) is 4.79 Å². The molecule has 1 heterocycles. The smallest absolute Gasteiger partial charge is 0.262 e. The largest absolute Gasteiger partial charge is 0.338 e. The van der Waals surface area contributed by atoms with E-state index in [1.165, 1.54) is 6.07 Å². The van der Waals surface area contributed by atoms with Crippen molar-refractivity contribution < 1.29 is 13.2 Å². The summed E-state index contributed by atoms with van der Waals surface area (Å²) in [6, 6.07) is 4.48. The van der Waals surface area contributed by atoms with E-state index in [2.05, 4.69) is 29.8 Å². The quantitative estimate of drug-likeness (QED) is 0.737. The minimum absolute atomic E-state index is 0.0744. The molecule has 0 N–H and O–H groups in total. The van der Waals surface area contributed by atoms with Crippen molar-refractivity contribution in [3.8, 4) is 0 Å². The molecule has 116 valence electrons. The van der Waals surface area contributed by atoms with Crippen LogP contribution in [-0.2, 0) is 9.05 Å². The molecule has 0 saturated carbocycles. The second-order valence-electron chi connectivity index (χ2n) is 5.63. The van der Waals surface area contributed by atoms with Crippen molar-refractivity contribution in [3.63, 3.8) is 0 Å². The summed E-state index contributed by atoms with van der Waals surface area (Å²) in [5.74, 6) is 0.888. The van der Waals surface area contributed by atoms with Crippen LogP contribution in [0.1, 0.15) is 30.6 Å². The zero-order chi connectivity index (χ0) is 15.8. The highest BCUT2D eigenvalue weighted by Gasteiger charge is 2.29. The molecule has 1 unspecified atom stereocenters. The van der Waals surface area contributed by atoms with Gasteiger partial charge >= 0.3 is 0 Å². The number of likely N-dealkylation sites (tertiary alicyclic amines) is 1. The average molecular weight is 395 g/mol. The van der Waals surface area contributed by atoms with Gasteiger partial charge in [0.1, 0.15) is 0 Å². The average Bonchev–Trinajstić information content (AvgIpc) is 2.86. The zero-order valence-corrected chi connectivity index (χ0v) is 15.0. The van der Waals surface area contributed by atoms with Crippen molar-refractivity contribution in [2.24, 2.45) is 11.8 Å². The summed E-state index contributed by atoms with van der Waals surface area (Å²) in [6.07, 6.45) is 0.987. The maximum absolute atomic E-state index is 12.5. The molecule has 1 fully saturated rings. The molecule has 1 atom stereocenters. The van der Waals surface area contributed by atoms with E-state index in [-0.39, 0.29) is 10.8 Å². The van der Waals surface area contributed by atoms with Crippen LogP contribution in [0.3, 0.4) is 0 Å². The van der Waals surface area contributed by atoms with Gasteiger partial charge in [0.15, 0.2) is 0 Å². The van der Waals surface area contributed by atoms with E-state index in [9.17, 15) is 13.2 Å². The predicted octanol–water partition coefficient (Wildman–Crippen LogP) is 3.49. The van der Waals surface area contributed by atoms with Crippen molar-refractivity contribution in [1.29, 1.82) is 0 Å². The Morgan fingerprint density at radius 3 is 2.62 bits per heavy atom. The number of amides is 1. The van der Waals surface area contributed by atoms with Crippen molar-refractivity contribution in [2.45, 2.75) is 25.2 Å². The molecule has 0 aromatic heterocycles. The van der Waals surface area contributed by atoms with Crippen molar-refractivity contribution in [2.75, 3.05) is 13.1 Å². The van der Waals surface area contributed by atoms with Crippen LogP contribution < -0.4 is 0 Å². The first-order chi connectivity index (χ1) is 9.70. The molecule has 21 heavy (non-hydrogen) atoms. The SMILES string of the molecule is CC(C)C1CCN(C(=O)c2ccc(Br)c(S(=O)(=O)Cl)c2)C1. The third kappa shape index (κ3) is 3.79. The standard InChI is InChI=1S/C14H17BrClNO3S/c1-9(2)11-5-6-17(8-11)14(18)10-3-4-12(15)13(7-10)21(16,19)20/h3-4,7,9,11H,5-6,8H2,1-2H3. The normalized spacial score (nSPS) is 19.3. The van der Waals surface area contributed by atoms with E-state index in [0.29, 0.717) is 28.4 Å². The van der Waals surface area contributed by atoms with Crippen LogP contribution in [0.2, 0.25) is 0 Å². The molecule has 1 amide bonds. The number of carbonyl (C=O) groups excluding carboxylic acids is 1. The number of nitrogens with zero attached hydrogens (tertiary/aromatic N) is 1. The minimum atomic E-state index is -3.88. The third-order valence-corrected chi connectivity index (χ3v) is 6.21. The Morgan fingerprint density at radius 2 is 2.10 bits per heavy atom. The van der Waals surface area contributed by atoms with Gasteiger partial charge in [-0.2, -0.15) is 0 Å². The fourth-order valence-electron chi connectivity index (χ4n) is 2.52. The number of benzene rings is 1. The Balaban J connectivity index is 2.25. The van der Waals surface area contributed by atoms with E-state index in [1.54, 1.807) is 17.0 Å². The second-order valence-corrected chi connectivity index (χ2v) is 9.02. The van der Waals surface area contributed by atoms with Gasteiger partial charge < -0.3 is 4.90 Å². The fourth-order valence-corrected chi connectivity index (χ4v) is 4.64. The number of carbonyl (C=O) groups is 1. The highest BCUT2D eigenvalue weighted by Crippen LogP contribution is 2.29. The summed E-state index contributed by atoms with van der Waals surface area (Å²) >= 11 is 3.14. The van der Waals surface area contributed by atoms with E-state index >= 15 is 0 Å². The van der Waals surface area contributed by atoms with Gasteiger partial charge in [-0.15, -0.1) is 0 Å². The first kappa shape index (κ1) is 16.8. The Morgan fingerprint density at radius 1 is 1.43 bits per heavy atom. The van der Waals surface area contributed by atoms with Crippen LogP contribution in [0.15, 0.2) is 27.6 Å². The summed E-state index contributed by atoms with van der Waals surface area (Å²) in [6.45, 7) is 5.73. The topological polar surface area (TPSA) is 54.5 Å². The zero-order valence-electron chi connectivity index (χ0n) is 11.8. The van der Waals surface area contributed by atoms with Crippen LogP contribution in [0.25, 0.3) is 0 Å². The lowest BCUT2D eigenvalue weighted by Crippen LogP contribution is -2.29. The van der Waals surface area contributed by atoms with E-state index < -0.39 is 9.05 Å². The Kier molecular flexibility index (Phi) is 5.00. The monoisotopic (exact) mass is 393 g/mol. The molecule has 2 rings (SSSR count). The summed E-state index contributed by atoms with van der Waals surface area (Å²) < 4.78 is 23.4. The molecule has 1 aromatic carbocycles. The minimum Gasteiger partial charge on any atom is -0.338 e. The maximum atomic E-state index is 12.5. The molecule has 1 aliphatic heterocycles. The van der Waals surface area contributed by atoms with Crippen molar-refractivity contribution in [3.05, 3.63) is 28.2 Å². The third-order valence-electron chi connectivity index (χ3n) is 3.90. The predicted molar refractivity (Wildman–Crippen MR) is 86.0 cm³/mol. The lowest BCUT2D eigenvalue weighted by Gasteiger charge is -2.18. The number of hydrogen-bond acceptors (Lipinski definition) is 3. The van der Waals surface area contributed by atoms with Gasteiger partial charge in [0.2, 0.25) is 0 Å². The molecule has 1 aliphatic rings. The van der Waals surface area contributed by atoms with E-state index in [4.69, 9.17) is 10.7 Å². The number of halogens is 2. The Labute approximate surface area is 138 Å². The van der Waals surface area contributed by atoms with Crippen molar-refractivity contribution in [1.82, 2.24) is 4.90 Å². The first-order valence-corrected chi connectivity index (χ1v) is 9.84. The van der Waals surface area contributed by atoms with Gasteiger partial charge in [-0.05, 0) is 52.4 Å². The Bertz CT molecular complexity index is 660. The van der Waals surface area contributed by atoms with Crippen LogP contribution in [0.5, 0.6) is 0 Å². The van der Waals surface area contributed by atoms with Crippen molar-refractivity contribution >= 4 is 41.6 Å². The van der Waals surface area contributed by atoms with Gasteiger partial charge in [0, 0.05) is 33.8 Å². The van der Waals surface area contributed by atoms with Gasteiger partial charge in [-0.25, -0.2) is 8.42 Å². The summed E-state index contributed by atoms with van der Waals surface area (Å²) in [4.78, 5) is 14.2. The van der Waals surface area contributed by atoms with Gasteiger partial charge in [-0.1, -0.05) is 13.8 Å². The fraction of sp³-hybridized carbons (Fsp3) is 0.500. The van der Waals surface area contributed by atoms with E-state index in [0.717, 1.165) is 13.0 Å².